The molecule has 0 atom stereocenters. The first-order valence-corrected chi connectivity index (χ1v) is 10.3. The zero-order valence-corrected chi connectivity index (χ0v) is 17.3. The van der Waals surface area contributed by atoms with Gasteiger partial charge in [0.2, 0.25) is 5.89 Å². The van der Waals surface area contributed by atoms with Crippen LogP contribution in [0.1, 0.15) is 0 Å². The normalized spacial score (nSPS) is 14.0. The van der Waals surface area contributed by atoms with Crippen LogP contribution >= 0.6 is 11.6 Å². The number of morpholine rings is 1. The molecule has 1 saturated heterocycles. The van der Waals surface area contributed by atoms with Crippen LogP contribution < -0.4 is 10.6 Å². The van der Waals surface area contributed by atoms with E-state index in [0.29, 0.717) is 54.6 Å². The molecule has 1 fully saturated rings. The maximum atomic E-state index is 13.0. The fourth-order valence-electron chi connectivity index (χ4n) is 3.53. The minimum Gasteiger partial charge on any atom is -0.434 e. The summed E-state index contributed by atoms with van der Waals surface area (Å²) in [4.78, 5) is 23.9. The smallest absolute Gasteiger partial charge is 0.355 e. The summed E-state index contributed by atoms with van der Waals surface area (Å²) in [6.45, 7) is 2.41. The Kier molecular flexibility index (Phi) is 5.28. The Morgan fingerprint density at radius 2 is 1.48 bits per heavy atom. The number of benzene rings is 2. The van der Waals surface area contributed by atoms with E-state index in [1.165, 1.54) is 4.57 Å². The molecule has 0 amide bonds. The molecule has 0 N–H and O–H groups in total. The van der Waals surface area contributed by atoms with E-state index in [-0.39, 0.29) is 0 Å². The van der Waals surface area contributed by atoms with Crippen LogP contribution in [0.2, 0.25) is 5.02 Å². The summed E-state index contributed by atoms with van der Waals surface area (Å²) < 4.78 is 12.8. The van der Waals surface area contributed by atoms with Crippen molar-refractivity contribution < 1.29 is 9.15 Å². The second-order valence-corrected chi connectivity index (χ2v) is 7.48. The van der Waals surface area contributed by atoms with Crippen LogP contribution in [0.3, 0.4) is 0 Å². The lowest BCUT2D eigenvalue weighted by Gasteiger charge is -2.28. The molecule has 3 heterocycles. The molecule has 31 heavy (non-hydrogen) atoms. The second kappa shape index (κ2) is 8.37. The third kappa shape index (κ3) is 3.85. The van der Waals surface area contributed by atoms with E-state index in [1.54, 1.807) is 6.20 Å². The predicted octanol–water partition coefficient (Wildman–Crippen LogP) is 4.04. The number of nitrogens with zero attached hydrogens (tertiary/aromatic N) is 4. The highest BCUT2D eigenvalue weighted by Gasteiger charge is 2.22. The van der Waals surface area contributed by atoms with Crippen LogP contribution in [0.4, 0.5) is 5.82 Å². The minimum absolute atomic E-state index is 0.345. The summed E-state index contributed by atoms with van der Waals surface area (Å²) in [5.74, 6) is 1.69. The number of rotatable bonds is 4. The van der Waals surface area contributed by atoms with Gasteiger partial charge in [-0.3, -0.25) is 0 Å². The molecule has 7 nitrogen and oxygen atoms in total. The molecule has 0 saturated carbocycles. The van der Waals surface area contributed by atoms with Gasteiger partial charge in [-0.15, -0.1) is 0 Å². The fraction of sp³-hybridized carbons (Fsp3) is 0.174. The number of anilines is 1. The molecular weight excluding hydrogens is 416 g/mol. The third-order valence-electron chi connectivity index (χ3n) is 5.07. The molecule has 0 unspecified atom stereocenters. The summed E-state index contributed by atoms with van der Waals surface area (Å²) in [6.07, 6.45) is 1.56. The second-order valence-electron chi connectivity index (χ2n) is 7.07. The molecule has 1 aliphatic heterocycles. The van der Waals surface area contributed by atoms with Crippen LogP contribution in [0.25, 0.3) is 28.6 Å². The summed E-state index contributed by atoms with van der Waals surface area (Å²) in [6, 6.07) is 19.1. The molecule has 0 bridgehead atoms. The van der Waals surface area contributed by atoms with E-state index in [2.05, 4.69) is 9.97 Å². The fourth-order valence-corrected chi connectivity index (χ4v) is 3.79. The quantitative estimate of drug-likeness (QED) is 0.482. The van der Waals surface area contributed by atoms with Gasteiger partial charge < -0.3 is 14.1 Å². The summed E-state index contributed by atoms with van der Waals surface area (Å²) in [5.41, 5.74) is 1.13. The van der Waals surface area contributed by atoms with Crippen LogP contribution in [0.5, 0.6) is 0 Å². The number of aromatic nitrogens is 3. The van der Waals surface area contributed by atoms with E-state index in [1.807, 2.05) is 65.6 Å². The van der Waals surface area contributed by atoms with Gasteiger partial charge in [0.05, 0.1) is 13.2 Å². The van der Waals surface area contributed by atoms with Crippen molar-refractivity contribution in [1.29, 1.82) is 0 Å². The lowest BCUT2D eigenvalue weighted by molar-refractivity contribution is 0.122. The lowest BCUT2D eigenvalue weighted by Crippen LogP contribution is -2.38. The number of hydrogen-bond acceptors (Lipinski definition) is 6. The first kappa shape index (κ1) is 19.5. The maximum Gasteiger partial charge on any atom is 0.355 e. The van der Waals surface area contributed by atoms with Crippen molar-refractivity contribution in [2.24, 2.45) is 0 Å². The standard InChI is InChI=1S/C23H19ClN4O3/c24-18-15-28(23(29)26-20(18)27-11-13-30-14-12-27)21-19(16-7-3-1-4-8-16)31-22(25-21)17-9-5-2-6-10-17/h1-10,15H,11-14H2. The van der Waals surface area contributed by atoms with Gasteiger partial charge >= 0.3 is 5.69 Å². The van der Waals surface area contributed by atoms with Gasteiger partial charge in [0.15, 0.2) is 17.4 Å². The molecule has 2 aromatic heterocycles. The Morgan fingerprint density at radius 1 is 0.839 bits per heavy atom. The van der Waals surface area contributed by atoms with Gasteiger partial charge in [0, 0.05) is 30.4 Å². The van der Waals surface area contributed by atoms with Crippen LogP contribution in [0.15, 0.2) is 76.1 Å². The topological polar surface area (TPSA) is 73.4 Å². The Bertz CT molecular complexity index is 1250. The van der Waals surface area contributed by atoms with Crippen molar-refractivity contribution in [1.82, 2.24) is 14.5 Å². The summed E-state index contributed by atoms with van der Waals surface area (Å²) >= 11 is 6.54. The van der Waals surface area contributed by atoms with Gasteiger partial charge in [-0.25, -0.2) is 9.36 Å². The summed E-state index contributed by atoms with van der Waals surface area (Å²) in [5, 5.41) is 0.366. The van der Waals surface area contributed by atoms with Crippen LogP contribution in [-0.2, 0) is 4.74 Å². The van der Waals surface area contributed by atoms with Gasteiger partial charge in [-0.2, -0.15) is 9.97 Å². The summed E-state index contributed by atoms with van der Waals surface area (Å²) in [7, 11) is 0. The van der Waals surface area contributed by atoms with E-state index < -0.39 is 5.69 Å². The third-order valence-corrected chi connectivity index (χ3v) is 5.34. The van der Waals surface area contributed by atoms with Gasteiger partial charge in [0.25, 0.3) is 0 Å². The van der Waals surface area contributed by atoms with E-state index in [4.69, 9.17) is 20.8 Å². The monoisotopic (exact) mass is 434 g/mol. The minimum atomic E-state index is -0.476. The number of oxazole rings is 1. The highest BCUT2D eigenvalue weighted by Crippen LogP contribution is 2.32. The van der Waals surface area contributed by atoms with Crippen molar-refractivity contribution in [2.45, 2.75) is 0 Å². The Balaban J connectivity index is 1.65. The van der Waals surface area contributed by atoms with E-state index in [0.717, 1.165) is 11.1 Å². The van der Waals surface area contributed by atoms with Crippen LogP contribution in [-0.4, -0.2) is 40.8 Å². The highest BCUT2D eigenvalue weighted by molar-refractivity contribution is 6.32. The van der Waals surface area contributed by atoms with Crippen molar-refractivity contribution in [3.8, 4) is 28.6 Å². The molecular formula is C23H19ClN4O3. The molecule has 1 aliphatic rings. The molecule has 5 rings (SSSR count). The van der Waals surface area contributed by atoms with E-state index >= 15 is 0 Å². The Labute approximate surface area is 183 Å². The number of hydrogen-bond donors (Lipinski definition) is 0. The Morgan fingerprint density at radius 3 is 2.16 bits per heavy atom. The maximum absolute atomic E-state index is 13.0. The van der Waals surface area contributed by atoms with Crippen molar-refractivity contribution in [3.05, 3.63) is 82.4 Å². The SMILES string of the molecule is O=c1nc(N2CCOCC2)c(Cl)cn1-c1nc(-c2ccccc2)oc1-c1ccccc1. The number of halogens is 1. The lowest BCUT2D eigenvalue weighted by atomic mass is 10.2. The van der Waals surface area contributed by atoms with Crippen molar-refractivity contribution in [2.75, 3.05) is 31.2 Å². The predicted molar refractivity (Wildman–Crippen MR) is 119 cm³/mol. The molecule has 0 aliphatic carbocycles. The molecule has 2 aromatic carbocycles. The first-order chi connectivity index (χ1) is 15.2. The molecule has 156 valence electrons. The van der Waals surface area contributed by atoms with Gasteiger partial charge in [-0.1, -0.05) is 60.1 Å². The average Bonchev–Trinajstić information content (AvgIpc) is 3.27. The zero-order chi connectivity index (χ0) is 21.2. The largest absolute Gasteiger partial charge is 0.434 e. The van der Waals surface area contributed by atoms with Gasteiger partial charge in [0.1, 0.15) is 5.02 Å². The van der Waals surface area contributed by atoms with Crippen molar-refractivity contribution >= 4 is 17.4 Å². The molecule has 4 aromatic rings. The molecule has 0 radical (unpaired) electrons. The Hall–Kier alpha value is -3.42. The van der Waals surface area contributed by atoms with Gasteiger partial charge in [-0.05, 0) is 12.1 Å². The molecule has 0 spiro atoms. The zero-order valence-electron chi connectivity index (χ0n) is 16.6. The first-order valence-electron chi connectivity index (χ1n) is 9.94. The average molecular weight is 435 g/mol. The highest BCUT2D eigenvalue weighted by atomic mass is 35.5. The van der Waals surface area contributed by atoms with Crippen LogP contribution in [0, 0.1) is 0 Å². The van der Waals surface area contributed by atoms with E-state index in [9.17, 15) is 4.79 Å². The number of ether oxygens (including phenoxy) is 1. The van der Waals surface area contributed by atoms with Crippen molar-refractivity contribution in [3.63, 3.8) is 0 Å². The molecule has 8 heteroatoms.